The maximum atomic E-state index is 11.2. The molecule has 0 atom stereocenters. The van der Waals surface area contributed by atoms with Gasteiger partial charge in [-0.1, -0.05) is 30.9 Å². The van der Waals surface area contributed by atoms with E-state index in [-0.39, 0.29) is 5.56 Å². The Labute approximate surface area is 80.4 Å². The molecule has 0 aliphatic heterocycles. The second-order valence-corrected chi connectivity index (χ2v) is 3.96. The van der Waals surface area contributed by atoms with Crippen molar-refractivity contribution in [2.75, 3.05) is 0 Å². The predicted molar refractivity (Wildman–Crippen MR) is 56.4 cm³/mol. The smallest absolute Gasteiger partial charge is 0.265 e. The molecule has 0 radical (unpaired) electrons. The molecule has 3 heteroatoms. The summed E-state index contributed by atoms with van der Waals surface area (Å²) in [7, 11) is 0. The van der Waals surface area contributed by atoms with Crippen LogP contribution in [0.4, 0.5) is 0 Å². The molecule has 13 heavy (non-hydrogen) atoms. The molecule has 1 aromatic carbocycles. The first-order valence-electron chi connectivity index (χ1n) is 4.41. The normalized spacial score (nSPS) is 10.8. The van der Waals surface area contributed by atoms with Crippen LogP contribution < -0.4 is 5.56 Å². The third-order valence-electron chi connectivity index (χ3n) is 2.08. The molecule has 0 bridgehead atoms. The molecule has 2 nitrogen and oxygen atoms in total. The zero-order chi connectivity index (χ0) is 9.26. The van der Waals surface area contributed by atoms with Crippen molar-refractivity contribution in [2.45, 2.75) is 19.8 Å². The van der Waals surface area contributed by atoms with Crippen LogP contribution in [-0.4, -0.2) is 4.37 Å². The molecular formula is C10H11NOS. The Kier molecular flexibility index (Phi) is 2.19. The second kappa shape index (κ2) is 3.34. The van der Waals surface area contributed by atoms with E-state index in [1.54, 1.807) is 0 Å². The van der Waals surface area contributed by atoms with Crippen molar-refractivity contribution < 1.29 is 0 Å². The first kappa shape index (κ1) is 8.51. The molecule has 2 rings (SSSR count). The monoisotopic (exact) mass is 193 g/mol. The van der Waals surface area contributed by atoms with Crippen molar-refractivity contribution in [3.63, 3.8) is 0 Å². The molecule has 0 aliphatic carbocycles. The van der Waals surface area contributed by atoms with Crippen molar-refractivity contribution in [3.05, 3.63) is 34.1 Å². The molecule has 0 fully saturated rings. The average molecular weight is 193 g/mol. The van der Waals surface area contributed by atoms with Gasteiger partial charge in [-0.3, -0.25) is 9.17 Å². The zero-order valence-corrected chi connectivity index (χ0v) is 8.28. The fourth-order valence-corrected chi connectivity index (χ4v) is 2.23. The number of nitrogens with one attached hydrogen (secondary N) is 1. The van der Waals surface area contributed by atoms with Gasteiger partial charge in [0.25, 0.3) is 5.56 Å². The van der Waals surface area contributed by atoms with Gasteiger partial charge >= 0.3 is 0 Å². The van der Waals surface area contributed by atoms with Gasteiger partial charge in [0.1, 0.15) is 0 Å². The molecule has 0 saturated carbocycles. The van der Waals surface area contributed by atoms with Gasteiger partial charge < -0.3 is 0 Å². The number of benzene rings is 1. The van der Waals surface area contributed by atoms with Crippen molar-refractivity contribution in [2.24, 2.45) is 0 Å². The summed E-state index contributed by atoms with van der Waals surface area (Å²) in [6.07, 6.45) is 2.23. The van der Waals surface area contributed by atoms with Gasteiger partial charge in [-0.2, -0.15) is 0 Å². The fraction of sp³-hybridized carbons (Fsp3) is 0.300. The van der Waals surface area contributed by atoms with E-state index in [1.165, 1.54) is 17.1 Å². The van der Waals surface area contributed by atoms with E-state index in [2.05, 4.69) is 17.4 Å². The van der Waals surface area contributed by atoms with Crippen molar-refractivity contribution in [3.8, 4) is 0 Å². The van der Waals surface area contributed by atoms with E-state index >= 15 is 0 Å². The number of hydrogen-bond acceptors (Lipinski definition) is 2. The minimum absolute atomic E-state index is 0.0306. The zero-order valence-electron chi connectivity index (χ0n) is 7.46. The Balaban J connectivity index is 2.57. The quantitative estimate of drug-likeness (QED) is 0.781. The SMILES string of the molecule is CCCc1ccc2c(=O)[nH]sc2c1. The lowest BCUT2D eigenvalue weighted by molar-refractivity contribution is 0.924. The van der Waals surface area contributed by atoms with E-state index in [0.717, 1.165) is 22.9 Å². The highest BCUT2D eigenvalue weighted by atomic mass is 32.1. The van der Waals surface area contributed by atoms with Crippen LogP contribution in [-0.2, 0) is 6.42 Å². The topological polar surface area (TPSA) is 32.9 Å². The molecule has 0 saturated heterocycles. The maximum Gasteiger partial charge on any atom is 0.265 e. The summed E-state index contributed by atoms with van der Waals surface area (Å²) in [6.45, 7) is 2.16. The highest BCUT2D eigenvalue weighted by molar-refractivity contribution is 7.13. The van der Waals surface area contributed by atoms with Crippen molar-refractivity contribution in [1.29, 1.82) is 0 Å². The number of rotatable bonds is 2. The van der Waals surface area contributed by atoms with Gasteiger partial charge in [0.05, 0.1) is 10.1 Å². The van der Waals surface area contributed by atoms with Gasteiger partial charge in [0.15, 0.2) is 0 Å². The summed E-state index contributed by atoms with van der Waals surface area (Å²) < 4.78 is 3.80. The highest BCUT2D eigenvalue weighted by Gasteiger charge is 2.01. The summed E-state index contributed by atoms with van der Waals surface area (Å²) in [5.74, 6) is 0. The Hall–Kier alpha value is -1.09. The number of H-pyrrole nitrogens is 1. The van der Waals surface area contributed by atoms with E-state index in [4.69, 9.17) is 0 Å². The van der Waals surface area contributed by atoms with Gasteiger partial charge in [-0.15, -0.1) is 0 Å². The van der Waals surface area contributed by atoms with Gasteiger partial charge in [0.2, 0.25) is 0 Å². The number of aromatic amines is 1. The van der Waals surface area contributed by atoms with Crippen LogP contribution >= 0.6 is 11.5 Å². The lowest BCUT2D eigenvalue weighted by Gasteiger charge is -1.96. The largest absolute Gasteiger partial charge is 0.277 e. The van der Waals surface area contributed by atoms with Crippen molar-refractivity contribution in [1.82, 2.24) is 4.37 Å². The molecule has 0 amide bonds. The third-order valence-corrected chi connectivity index (χ3v) is 2.93. The first-order valence-corrected chi connectivity index (χ1v) is 5.23. The number of aryl methyl sites for hydroxylation is 1. The third kappa shape index (κ3) is 1.52. The lowest BCUT2D eigenvalue weighted by Crippen LogP contribution is -1.95. The molecule has 0 aliphatic rings. The van der Waals surface area contributed by atoms with Crippen LogP contribution in [0.3, 0.4) is 0 Å². The molecule has 0 unspecified atom stereocenters. The van der Waals surface area contributed by atoms with Gasteiger partial charge in [0, 0.05) is 0 Å². The van der Waals surface area contributed by atoms with E-state index in [9.17, 15) is 4.79 Å². The molecular weight excluding hydrogens is 182 g/mol. The Morgan fingerprint density at radius 2 is 2.31 bits per heavy atom. The summed E-state index contributed by atoms with van der Waals surface area (Å²) >= 11 is 1.42. The number of fused-ring (bicyclic) bond motifs is 1. The number of hydrogen-bond donors (Lipinski definition) is 1. The standard InChI is InChI=1S/C10H11NOS/c1-2-3-7-4-5-8-9(6-7)13-11-10(8)12/h4-6H,2-3H2,1H3,(H,11,12). The molecule has 0 spiro atoms. The Morgan fingerprint density at radius 3 is 3.08 bits per heavy atom. The maximum absolute atomic E-state index is 11.2. The van der Waals surface area contributed by atoms with Gasteiger partial charge in [-0.25, -0.2) is 0 Å². The molecule has 1 aromatic heterocycles. The summed E-state index contributed by atoms with van der Waals surface area (Å²) in [4.78, 5) is 11.2. The fourth-order valence-electron chi connectivity index (χ4n) is 1.44. The molecule has 68 valence electrons. The Bertz CT molecular complexity index is 469. The van der Waals surface area contributed by atoms with Crippen LogP contribution in [0.25, 0.3) is 10.1 Å². The van der Waals surface area contributed by atoms with Gasteiger partial charge in [-0.05, 0) is 24.1 Å². The van der Waals surface area contributed by atoms with Crippen LogP contribution in [0.15, 0.2) is 23.0 Å². The summed E-state index contributed by atoms with van der Waals surface area (Å²) in [5, 5.41) is 0.810. The van der Waals surface area contributed by atoms with Crippen LogP contribution in [0.5, 0.6) is 0 Å². The lowest BCUT2D eigenvalue weighted by atomic mass is 10.1. The van der Waals surface area contributed by atoms with Crippen LogP contribution in [0, 0.1) is 0 Å². The predicted octanol–water partition coefficient (Wildman–Crippen LogP) is 2.54. The highest BCUT2D eigenvalue weighted by Crippen LogP contribution is 2.16. The summed E-state index contributed by atoms with van der Waals surface area (Å²) in [5.41, 5.74) is 1.34. The number of aromatic nitrogens is 1. The summed E-state index contributed by atoms with van der Waals surface area (Å²) in [6, 6.07) is 6.05. The van der Waals surface area contributed by atoms with Crippen LogP contribution in [0.1, 0.15) is 18.9 Å². The first-order chi connectivity index (χ1) is 6.31. The molecule has 2 aromatic rings. The van der Waals surface area contributed by atoms with E-state index in [1.807, 2.05) is 12.1 Å². The minimum Gasteiger partial charge on any atom is -0.277 e. The Morgan fingerprint density at radius 1 is 1.46 bits per heavy atom. The van der Waals surface area contributed by atoms with E-state index < -0.39 is 0 Å². The minimum atomic E-state index is 0.0306. The molecule has 1 heterocycles. The molecule has 1 N–H and O–H groups in total. The average Bonchev–Trinajstić information content (AvgIpc) is 2.48. The van der Waals surface area contributed by atoms with Crippen molar-refractivity contribution >= 4 is 21.6 Å². The van der Waals surface area contributed by atoms with Crippen LogP contribution in [0.2, 0.25) is 0 Å². The van der Waals surface area contributed by atoms with E-state index in [0.29, 0.717) is 0 Å². The second-order valence-electron chi connectivity index (χ2n) is 3.11.